The zero-order valence-electron chi connectivity index (χ0n) is 53.8. The molecule has 3 aliphatic heterocycles. The molecule has 2 N–H and O–H groups in total. The third-order valence-corrected chi connectivity index (χ3v) is 21.1. The summed E-state index contributed by atoms with van der Waals surface area (Å²) in [5, 5.41) is 24.9. The minimum atomic E-state index is -0.211. The normalized spacial score (nSPS) is 18.5. The molecule has 2 aliphatic carbocycles. The second kappa shape index (κ2) is 32.9. The van der Waals surface area contributed by atoms with Gasteiger partial charge in [-0.3, -0.25) is 14.7 Å². The number of hydrogen-bond acceptors (Lipinski definition) is 6. The zero-order chi connectivity index (χ0) is 64.3. The molecular formula is C78H81Cl8FN6O3. The van der Waals surface area contributed by atoms with Crippen LogP contribution in [0.2, 0.25) is 25.1 Å². The lowest BCUT2D eigenvalue weighted by Gasteiger charge is -2.40. The molecule has 4 atom stereocenters. The van der Waals surface area contributed by atoms with E-state index in [0.29, 0.717) is 0 Å². The number of aliphatic hydroxyl groups excluding tert-OH is 2. The van der Waals surface area contributed by atoms with Gasteiger partial charge < -0.3 is 28.7 Å². The highest BCUT2D eigenvalue weighted by Gasteiger charge is 2.36. The van der Waals surface area contributed by atoms with Crippen LogP contribution in [0.4, 0.5) is 4.39 Å². The molecule has 2 saturated carbocycles. The quantitative estimate of drug-likeness (QED) is 0.134. The third kappa shape index (κ3) is 15.8. The molecule has 0 saturated heterocycles. The molecule has 96 heavy (non-hydrogen) atoms. The summed E-state index contributed by atoms with van der Waals surface area (Å²) in [6.07, 6.45) is 11.1. The fraction of sp³-hybridized carbons (Fsp3) is 0.308. The molecule has 6 heterocycles. The van der Waals surface area contributed by atoms with Crippen LogP contribution in [0.15, 0.2) is 182 Å². The monoisotopic (exact) mass is 1450 g/mol. The molecule has 0 radical (unpaired) electrons. The first-order valence-electron chi connectivity index (χ1n) is 32.7. The summed E-state index contributed by atoms with van der Waals surface area (Å²) in [6.45, 7) is 8.46. The highest BCUT2D eigenvalue weighted by atomic mass is 35.5. The van der Waals surface area contributed by atoms with E-state index in [1.54, 1.807) is 7.11 Å². The predicted octanol–water partition coefficient (Wildman–Crippen LogP) is 20.3. The van der Waals surface area contributed by atoms with Crippen molar-refractivity contribution in [1.29, 1.82) is 0 Å². The van der Waals surface area contributed by atoms with Crippen LogP contribution in [0.1, 0.15) is 96.3 Å². The first-order valence-corrected chi connectivity index (χ1v) is 34.6. The molecule has 9 nitrogen and oxygen atoms in total. The number of ether oxygens (including phenoxy) is 1. The molecule has 504 valence electrons. The number of fused-ring (bicyclic) bond motifs is 3. The van der Waals surface area contributed by atoms with Crippen LogP contribution in [0, 0.1) is 12.7 Å². The number of methoxy groups -OCH3 is 1. The van der Waals surface area contributed by atoms with Crippen molar-refractivity contribution in [3.8, 4) is 56.6 Å². The van der Waals surface area contributed by atoms with E-state index >= 15 is 0 Å². The largest absolute Gasteiger partial charge is 0.497 e. The molecule has 10 aromatic rings. The van der Waals surface area contributed by atoms with Crippen molar-refractivity contribution < 1.29 is 19.3 Å². The molecule has 5 aliphatic rings. The highest BCUT2D eigenvalue weighted by Crippen LogP contribution is 2.43. The second-order valence-corrected chi connectivity index (χ2v) is 27.5. The van der Waals surface area contributed by atoms with E-state index in [9.17, 15) is 14.6 Å². The number of para-hydroxylation sites is 3. The van der Waals surface area contributed by atoms with Gasteiger partial charge in [-0.1, -0.05) is 156 Å². The van der Waals surface area contributed by atoms with Crippen molar-refractivity contribution in [3.05, 3.63) is 258 Å². The van der Waals surface area contributed by atoms with E-state index < -0.39 is 0 Å². The number of nitrogens with zero attached hydrogens (tertiary/aromatic N) is 6. The van der Waals surface area contributed by atoms with Crippen molar-refractivity contribution in [2.24, 2.45) is 0 Å². The standard InChI is InChI=1S/C27H24ClFN2O.C26H28Cl2N2O.C25H26Cl2N2O.3ClH/c1-32-23-12-8-20(9-13-23)27-16-21-18-30(17-19-6-10-22(29)11-7-19)15-14-25(21)31(27)26-5-3-2-4-24(26)28;1-17-20-16-29(24-8-4-5-9-25(24)31)15-14-22(20)30(23-7-3-2-6-21(23)28)26(17)18-10-12-19(27)13-11-18;26-19-11-9-17(10-12-19)24-15-18-16-28(23-7-3-4-8-25(23)30)14-13-21(18)29(24)22-6-2-1-5-20(22)27;;;/h2-13,16H,14-15,17-18H2,1H3;2-3,6-7,10-13,24-25,31H,4-5,8-9,14-16H2,1H3;1-2,5-6,9-12,15,23,25,30H,3-4,7-8,13-14,16H2;3*1H/t;24-,25-;23-,25-;;;/m.00.../s1. The van der Waals surface area contributed by atoms with Gasteiger partial charge in [-0.05, 0) is 186 Å². The van der Waals surface area contributed by atoms with E-state index in [1.165, 1.54) is 70.0 Å². The van der Waals surface area contributed by atoms with Gasteiger partial charge in [0, 0.05) is 104 Å². The van der Waals surface area contributed by atoms with Gasteiger partial charge in [0.2, 0.25) is 0 Å². The van der Waals surface area contributed by atoms with Gasteiger partial charge in [-0.2, -0.15) is 0 Å². The number of aliphatic hydroxyl groups is 2. The summed E-state index contributed by atoms with van der Waals surface area (Å²) in [4.78, 5) is 7.39. The molecule has 2 fully saturated rings. The van der Waals surface area contributed by atoms with Gasteiger partial charge in [0.25, 0.3) is 0 Å². The van der Waals surface area contributed by atoms with E-state index in [2.05, 4.69) is 102 Å². The van der Waals surface area contributed by atoms with Gasteiger partial charge in [0.15, 0.2) is 0 Å². The Morgan fingerprint density at radius 2 is 0.896 bits per heavy atom. The molecular weight excluding hydrogens is 1370 g/mol. The van der Waals surface area contributed by atoms with Crippen molar-refractivity contribution in [2.75, 3.05) is 26.7 Å². The van der Waals surface area contributed by atoms with E-state index in [0.717, 1.165) is 185 Å². The van der Waals surface area contributed by atoms with Crippen molar-refractivity contribution >= 4 is 95.2 Å². The van der Waals surface area contributed by atoms with Crippen molar-refractivity contribution in [2.45, 2.75) is 128 Å². The Kier molecular flexibility index (Phi) is 25.0. The molecule has 0 spiro atoms. The predicted molar refractivity (Wildman–Crippen MR) is 401 cm³/mol. The molecule has 0 unspecified atom stereocenters. The summed E-state index contributed by atoms with van der Waals surface area (Å²) in [7, 11) is 1.68. The number of hydrogen-bond donors (Lipinski definition) is 2. The van der Waals surface area contributed by atoms with E-state index in [4.69, 9.17) is 62.7 Å². The SMILES string of the molecule is COc1ccc(-c2cc3c(n2-c2ccccc2Cl)CCN(Cc2ccc(F)cc2)C3)cc1.Cc1c2c(n(-c3ccccc3Cl)c1-c1ccc(Cl)cc1)CCN([C@H]1CCCC[C@@H]1O)C2.Cl.Cl.Cl.O[C@H]1CCCC[C@@H]1N1CCc2c(cc(-c3ccc(Cl)cc3)n2-c2ccccc2Cl)C1. The lowest BCUT2D eigenvalue weighted by Crippen LogP contribution is -2.47. The first kappa shape index (κ1) is 73.0. The molecule has 15 rings (SSSR count). The van der Waals surface area contributed by atoms with Gasteiger partial charge in [-0.15, -0.1) is 37.2 Å². The highest BCUT2D eigenvalue weighted by molar-refractivity contribution is 6.33. The average Bonchev–Trinajstić information content (AvgIpc) is 1.60. The molecule has 3 aromatic heterocycles. The Labute approximate surface area is 607 Å². The van der Waals surface area contributed by atoms with Gasteiger partial charge in [-0.25, -0.2) is 4.39 Å². The Hall–Kier alpha value is -5.77. The second-order valence-electron chi connectivity index (χ2n) is 25.4. The molecule has 18 heteroatoms. The van der Waals surface area contributed by atoms with Crippen LogP contribution in [0.25, 0.3) is 50.8 Å². The fourth-order valence-electron chi connectivity index (χ4n) is 15.0. The van der Waals surface area contributed by atoms with Crippen LogP contribution in [-0.2, 0) is 45.4 Å². The Morgan fingerprint density at radius 3 is 1.39 bits per heavy atom. The van der Waals surface area contributed by atoms with Crippen LogP contribution in [-0.4, -0.2) is 89.6 Å². The lowest BCUT2D eigenvalue weighted by molar-refractivity contribution is 0.0128. The smallest absolute Gasteiger partial charge is 0.123 e. The summed E-state index contributed by atoms with van der Waals surface area (Å²) in [5.41, 5.74) is 20.2. The fourth-order valence-corrected chi connectivity index (χ4v) is 15.9. The van der Waals surface area contributed by atoms with Gasteiger partial charge >= 0.3 is 0 Å². The minimum absolute atomic E-state index is 0. The van der Waals surface area contributed by atoms with Gasteiger partial charge in [0.1, 0.15) is 11.6 Å². The number of halogens is 9. The van der Waals surface area contributed by atoms with E-state index in [1.807, 2.05) is 103 Å². The summed E-state index contributed by atoms with van der Waals surface area (Å²) in [6, 6.07) is 60.2. The van der Waals surface area contributed by atoms with Gasteiger partial charge in [0.05, 0.1) is 68.5 Å². The maximum atomic E-state index is 13.3. The van der Waals surface area contributed by atoms with Crippen molar-refractivity contribution in [1.82, 2.24) is 28.4 Å². The molecule has 0 amide bonds. The maximum Gasteiger partial charge on any atom is 0.123 e. The number of rotatable bonds is 11. The average molecular weight is 1450 g/mol. The summed E-state index contributed by atoms with van der Waals surface area (Å²) < 4.78 is 25.6. The van der Waals surface area contributed by atoms with Crippen molar-refractivity contribution in [3.63, 3.8) is 0 Å². The van der Waals surface area contributed by atoms with Crippen LogP contribution in [0.3, 0.4) is 0 Å². The number of benzene rings is 7. The summed E-state index contributed by atoms with van der Waals surface area (Å²) in [5.74, 6) is 0.635. The van der Waals surface area contributed by atoms with Crippen LogP contribution >= 0.6 is 95.2 Å². The van der Waals surface area contributed by atoms with E-state index in [-0.39, 0.29) is 67.3 Å². The maximum absolute atomic E-state index is 13.3. The van der Waals surface area contributed by atoms with Crippen LogP contribution in [0.5, 0.6) is 5.75 Å². The zero-order valence-corrected chi connectivity index (χ0v) is 60.1. The molecule has 7 aromatic carbocycles. The van der Waals surface area contributed by atoms with Crippen LogP contribution < -0.4 is 4.74 Å². The summed E-state index contributed by atoms with van der Waals surface area (Å²) >= 11 is 32.3. The minimum Gasteiger partial charge on any atom is -0.497 e. The topological polar surface area (TPSA) is 74.2 Å². The third-order valence-electron chi connectivity index (χ3n) is 19.7. The Morgan fingerprint density at radius 1 is 0.469 bits per heavy atom. The molecule has 0 bridgehead atoms. The Bertz CT molecular complexity index is 4230. The lowest BCUT2D eigenvalue weighted by atomic mass is 9.89. The Balaban J connectivity index is 0.000000154. The first-order chi connectivity index (χ1) is 45.3. The number of aromatic nitrogens is 3.